The molecule has 0 spiro atoms. The number of carbonyl (C=O) groups is 2. The average Bonchev–Trinajstić information content (AvgIpc) is 3.48. The molecular weight excluding hydrogens is 540 g/mol. The first-order valence-electron chi connectivity index (χ1n) is 12.0. The molecule has 39 heavy (non-hydrogen) atoms. The van der Waals surface area contributed by atoms with Gasteiger partial charge in [0, 0.05) is 16.7 Å². The fourth-order valence-electron chi connectivity index (χ4n) is 4.31. The molecule has 3 heterocycles. The van der Waals surface area contributed by atoms with Crippen LogP contribution in [0.2, 0.25) is 5.02 Å². The quantitative estimate of drug-likeness (QED) is 0.338. The van der Waals surface area contributed by atoms with Crippen LogP contribution in [0.4, 0.5) is 0 Å². The number of carboxylic acid groups (broad SMARTS) is 1. The molecule has 2 aromatic carbocycles. The Morgan fingerprint density at radius 1 is 1.10 bits per heavy atom. The fourth-order valence-corrected chi connectivity index (χ4v) is 5.47. The van der Waals surface area contributed by atoms with Gasteiger partial charge >= 0.3 is 11.9 Å². The minimum atomic E-state index is -1.01. The molecular formula is C29H23ClN2O6S. The van der Waals surface area contributed by atoms with Crippen LogP contribution in [-0.4, -0.2) is 27.7 Å². The molecule has 1 aliphatic heterocycles. The van der Waals surface area contributed by atoms with Crippen molar-refractivity contribution >= 4 is 41.0 Å². The Morgan fingerprint density at radius 3 is 2.44 bits per heavy atom. The Hall–Kier alpha value is -4.21. The van der Waals surface area contributed by atoms with E-state index in [0.29, 0.717) is 42.7 Å². The van der Waals surface area contributed by atoms with Gasteiger partial charge in [0.25, 0.3) is 5.56 Å². The number of thiazole rings is 1. The highest BCUT2D eigenvalue weighted by Crippen LogP contribution is 2.31. The SMILES string of the molecule is CC1=C(C(=O)OC(C)C)[C@@H](c2ccc(Cl)cc2)n2c(sc(=Cc3ccc(-c4ccc(C(=O)O)cc4)o3)c2=O)=N1. The number of hydrogen-bond acceptors (Lipinski definition) is 7. The van der Waals surface area contributed by atoms with E-state index in [4.69, 9.17) is 25.9 Å². The molecule has 1 atom stereocenters. The molecule has 0 unspecified atom stereocenters. The van der Waals surface area contributed by atoms with Crippen LogP contribution in [0.3, 0.4) is 0 Å². The van der Waals surface area contributed by atoms with Gasteiger partial charge in [-0.15, -0.1) is 0 Å². The van der Waals surface area contributed by atoms with Gasteiger partial charge < -0.3 is 14.3 Å². The van der Waals surface area contributed by atoms with Crippen molar-refractivity contribution in [1.29, 1.82) is 0 Å². The fraction of sp³-hybridized carbons (Fsp3) is 0.172. The second-order valence-corrected chi connectivity index (χ2v) is 10.6. The molecule has 4 aromatic rings. The third kappa shape index (κ3) is 5.23. The van der Waals surface area contributed by atoms with Crippen LogP contribution in [0.1, 0.15) is 48.5 Å². The second kappa shape index (κ2) is 10.5. The molecule has 2 aromatic heterocycles. The number of furan rings is 1. The summed E-state index contributed by atoms with van der Waals surface area (Å²) < 4.78 is 13.3. The second-order valence-electron chi connectivity index (χ2n) is 9.17. The zero-order valence-electron chi connectivity index (χ0n) is 21.2. The molecule has 1 aliphatic rings. The van der Waals surface area contributed by atoms with E-state index in [-0.39, 0.29) is 22.8 Å². The molecule has 0 radical (unpaired) electrons. The standard InChI is InChI=1S/C29H23ClN2O6S/c1-15(2)37-28(36)24-16(3)31-29-32(25(24)18-8-10-20(30)11-9-18)26(33)23(39-29)14-21-12-13-22(38-21)17-4-6-19(7-5-17)27(34)35/h4-15,25H,1-3H3,(H,34,35)/t25-/m1/s1. The lowest BCUT2D eigenvalue weighted by Gasteiger charge is -2.25. The predicted molar refractivity (Wildman–Crippen MR) is 148 cm³/mol. The van der Waals surface area contributed by atoms with Gasteiger partial charge in [-0.25, -0.2) is 14.6 Å². The van der Waals surface area contributed by atoms with Gasteiger partial charge in [-0.1, -0.05) is 47.2 Å². The largest absolute Gasteiger partial charge is 0.478 e. The first kappa shape index (κ1) is 26.4. The van der Waals surface area contributed by atoms with E-state index < -0.39 is 18.0 Å². The van der Waals surface area contributed by atoms with E-state index in [1.807, 2.05) is 0 Å². The zero-order valence-corrected chi connectivity index (χ0v) is 22.7. The summed E-state index contributed by atoms with van der Waals surface area (Å²) >= 11 is 7.30. The van der Waals surface area contributed by atoms with Gasteiger partial charge in [0.2, 0.25) is 0 Å². The van der Waals surface area contributed by atoms with E-state index in [0.717, 1.165) is 0 Å². The van der Waals surface area contributed by atoms with E-state index in [9.17, 15) is 14.4 Å². The molecule has 8 nitrogen and oxygen atoms in total. The normalized spacial score (nSPS) is 15.3. The van der Waals surface area contributed by atoms with E-state index in [1.165, 1.54) is 28.0 Å². The lowest BCUT2D eigenvalue weighted by Crippen LogP contribution is -2.40. The highest BCUT2D eigenvalue weighted by Gasteiger charge is 2.33. The zero-order chi connectivity index (χ0) is 27.8. The number of hydrogen-bond donors (Lipinski definition) is 1. The Morgan fingerprint density at radius 2 is 1.79 bits per heavy atom. The Labute approximate surface area is 231 Å². The molecule has 0 fully saturated rings. The van der Waals surface area contributed by atoms with Gasteiger partial charge in [-0.2, -0.15) is 0 Å². The van der Waals surface area contributed by atoms with E-state index in [1.54, 1.807) is 75.4 Å². The summed E-state index contributed by atoms with van der Waals surface area (Å²) in [7, 11) is 0. The van der Waals surface area contributed by atoms with Gasteiger partial charge in [-0.3, -0.25) is 9.36 Å². The van der Waals surface area contributed by atoms with Crippen molar-refractivity contribution < 1.29 is 23.8 Å². The number of esters is 1. The predicted octanol–water partition coefficient (Wildman–Crippen LogP) is 4.80. The molecule has 5 rings (SSSR count). The molecule has 0 saturated carbocycles. The van der Waals surface area contributed by atoms with Gasteiger partial charge in [-0.05, 0) is 62.7 Å². The van der Waals surface area contributed by atoms with Crippen LogP contribution in [0.15, 0.2) is 86.1 Å². The number of aromatic nitrogens is 1. The van der Waals surface area contributed by atoms with Crippen LogP contribution in [0.5, 0.6) is 0 Å². The van der Waals surface area contributed by atoms with Crippen molar-refractivity contribution in [3.63, 3.8) is 0 Å². The summed E-state index contributed by atoms with van der Waals surface area (Å²) in [5.74, 6) is -0.578. The Bertz CT molecular complexity index is 1790. The maximum atomic E-state index is 13.7. The molecule has 0 saturated heterocycles. The number of rotatable bonds is 6. The summed E-state index contributed by atoms with van der Waals surface area (Å²) in [6.07, 6.45) is 1.28. The van der Waals surface area contributed by atoms with Crippen molar-refractivity contribution in [2.45, 2.75) is 32.9 Å². The Kier molecular flexibility index (Phi) is 7.12. The van der Waals surface area contributed by atoms with Crippen LogP contribution in [-0.2, 0) is 9.53 Å². The Balaban J connectivity index is 1.59. The number of nitrogens with zero attached hydrogens (tertiary/aromatic N) is 2. The van der Waals surface area contributed by atoms with Gasteiger partial charge in [0.1, 0.15) is 11.5 Å². The minimum Gasteiger partial charge on any atom is -0.478 e. The summed E-state index contributed by atoms with van der Waals surface area (Å²) in [5.41, 5.74) is 2.00. The molecule has 0 bridgehead atoms. The molecule has 1 N–H and O–H groups in total. The monoisotopic (exact) mass is 562 g/mol. The summed E-state index contributed by atoms with van der Waals surface area (Å²) in [4.78, 5) is 43.0. The number of fused-ring (bicyclic) bond motifs is 1. The van der Waals surface area contributed by atoms with Crippen molar-refractivity contribution in [2.24, 2.45) is 4.99 Å². The number of carbonyl (C=O) groups excluding carboxylic acids is 1. The lowest BCUT2D eigenvalue weighted by atomic mass is 9.96. The average molecular weight is 563 g/mol. The third-order valence-electron chi connectivity index (χ3n) is 6.09. The van der Waals surface area contributed by atoms with Crippen LogP contribution >= 0.6 is 22.9 Å². The number of carboxylic acids is 1. The molecule has 198 valence electrons. The van der Waals surface area contributed by atoms with Gasteiger partial charge in [0.15, 0.2) is 4.80 Å². The topological polar surface area (TPSA) is 111 Å². The first-order chi connectivity index (χ1) is 18.6. The van der Waals surface area contributed by atoms with Gasteiger partial charge in [0.05, 0.1) is 33.5 Å². The summed E-state index contributed by atoms with van der Waals surface area (Å²) in [6.45, 7) is 5.25. The molecule has 0 amide bonds. The lowest BCUT2D eigenvalue weighted by molar-refractivity contribution is -0.143. The van der Waals surface area contributed by atoms with Crippen LogP contribution < -0.4 is 14.9 Å². The first-order valence-corrected chi connectivity index (χ1v) is 13.2. The summed E-state index contributed by atoms with van der Waals surface area (Å²) in [5, 5.41) is 9.65. The maximum Gasteiger partial charge on any atom is 0.338 e. The molecule has 10 heteroatoms. The van der Waals surface area contributed by atoms with Crippen LogP contribution in [0, 0.1) is 0 Å². The highest BCUT2D eigenvalue weighted by molar-refractivity contribution is 7.07. The minimum absolute atomic E-state index is 0.175. The number of benzene rings is 2. The van der Waals surface area contributed by atoms with Crippen molar-refractivity contribution in [3.8, 4) is 11.3 Å². The van der Waals surface area contributed by atoms with E-state index in [2.05, 4.69) is 4.99 Å². The van der Waals surface area contributed by atoms with Crippen molar-refractivity contribution in [1.82, 2.24) is 4.57 Å². The summed E-state index contributed by atoms with van der Waals surface area (Å²) in [6, 6.07) is 16.0. The molecule has 0 aliphatic carbocycles. The number of allylic oxidation sites excluding steroid dienone is 1. The maximum absolute atomic E-state index is 13.7. The van der Waals surface area contributed by atoms with E-state index >= 15 is 0 Å². The smallest absolute Gasteiger partial charge is 0.338 e. The number of aromatic carboxylic acids is 1. The van der Waals surface area contributed by atoms with Crippen molar-refractivity contribution in [2.75, 3.05) is 0 Å². The van der Waals surface area contributed by atoms with Crippen LogP contribution in [0.25, 0.3) is 17.4 Å². The van der Waals surface area contributed by atoms with Crippen molar-refractivity contribution in [3.05, 3.63) is 114 Å². The number of halogens is 1. The number of ether oxygens (including phenoxy) is 1. The third-order valence-corrected chi connectivity index (χ3v) is 7.32. The highest BCUT2D eigenvalue weighted by atomic mass is 35.5.